The third-order valence-corrected chi connectivity index (χ3v) is 3.51. The van der Waals surface area contributed by atoms with Crippen molar-refractivity contribution in [1.82, 2.24) is 5.32 Å². The van der Waals surface area contributed by atoms with Gasteiger partial charge in [-0.3, -0.25) is 4.79 Å². The molecule has 5 heteroatoms. The summed E-state index contributed by atoms with van der Waals surface area (Å²) in [5.74, 6) is -0.897. The summed E-state index contributed by atoms with van der Waals surface area (Å²) in [6.45, 7) is 5.36. The van der Waals surface area contributed by atoms with Gasteiger partial charge in [0, 0.05) is 6.42 Å². The van der Waals surface area contributed by atoms with Gasteiger partial charge in [-0.05, 0) is 49.6 Å². The van der Waals surface area contributed by atoms with Crippen LogP contribution in [0.2, 0.25) is 0 Å². The second kappa shape index (κ2) is 7.34. The van der Waals surface area contributed by atoms with Gasteiger partial charge < -0.3 is 15.2 Å². The molecule has 1 unspecified atom stereocenters. The lowest BCUT2D eigenvalue weighted by Gasteiger charge is -2.24. The number of hydrogen-bond donors (Lipinski definition) is 2. The standard InChI is InChI=1S/C19H23NO4/c1-19(2,3)24-18(23)20-16(10-11-17(21)22)15-9-8-13-6-4-5-7-14(13)12-15/h4-9,12,16H,10-11H2,1-3H3,(H,20,23)(H,21,22). The Kier molecular flexibility index (Phi) is 5.44. The molecular formula is C19H23NO4. The minimum absolute atomic E-state index is 0.0344. The van der Waals surface area contributed by atoms with Crippen molar-refractivity contribution in [2.24, 2.45) is 0 Å². The highest BCUT2D eigenvalue weighted by molar-refractivity contribution is 5.83. The van der Waals surface area contributed by atoms with Gasteiger partial charge in [0.25, 0.3) is 0 Å². The Morgan fingerprint density at radius 1 is 1.12 bits per heavy atom. The number of aliphatic carboxylic acids is 1. The molecule has 0 bridgehead atoms. The zero-order valence-electron chi connectivity index (χ0n) is 14.2. The lowest BCUT2D eigenvalue weighted by atomic mass is 9.98. The van der Waals surface area contributed by atoms with Crippen LogP contribution >= 0.6 is 0 Å². The predicted octanol–water partition coefficient (Wildman–Crippen LogP) is 4.27. The number of carbonyl (C=O) groups excluding carboxylic acids is 1. The molecule has 2 aromatic carbocycles. The number of rotatable bonds is 5. The number of hydrogen-bond acceptors (Lipinski definition) is 3. The monoisotopic (exact) mass is 329 g/mol. The number of alkyl carbamates (subject to hydrolysis) is 1. The van der Waals surface area contributed by atoms with E-state index in [1.54, 1.807) is 20.8 Å². The molecule has 0 fully saturated rings. The van der Waals surface area contributed by atoms with E-state index in [9.17, 15) is 9.59 Å². The minimum Gasteiger partial charge on any atom is -0.481 e. The molecule has 5 nitrogen and oxygen atoms in total. The average Bonchev–Trinajstić information content (AvgIpc) is 2.49. The summed E-state index contributed by atoms with van der Waals surface area (Å²) in [7, 11) is 0. The van der Waals surface area contributed by atoms with Crippen molar-refractivity contribution in [3.63, 3.8) is 0 Å². The van der Waals surface area contributed by atoms with E-state index in [4.69, 9.17) is 9.84 Å². The largest absolute Gasteiger partial charge is 0.481 e. The number of carbonyl (C=O) groups is 2. The molecule has 1 amide bonds. The molecule has 0 aliphatic rings. The van der Waals surface area contributed by atoms with Gasteiger partial charge in [-0.25, -0.2) is 4.79 Å². The molecule has 0 saturated carbocycles. The van der Waals surface area contributed by atoms with Crippen molar-refractivity contribution < 1.29 is 19.4 Å². The third-order valence-electron chi connectivity index (χ3n) is 3.51. The molecule has 0 heterocycles. The third kappa shape index (κ3) is 5.26. The Morgan fingerprint density at radius 2 is 1.79 bits per heavy atom. The molecule has 2 aromatic rings. The van der Waals surface area contributed by atoms with Gasteiger partial charge in [0.2, 0.25) is 0 Å². The molecular weight excluding hydrogens is 306 g/mol. The molecule has 0 aliphatic carbocycles. The second-order valence-corrected chi connectivity index (χ2v) is 6.74. The van der Waals surface area contributed by atoms with Crippen molar-refractivity contribution in [2.75, 3.05) is 0 Å². The Balaban J connectivity index is 2.23. The Bertz CT molecular complexity index is 733. The van der Waals surface area contributed by atoms with Crippen LogP contribution in [0, 0.1) is 0 Å². The van der Waals surface area contributed by atoms with Crippen LogP contribution in [0.4, 0.5) is 4.79 Å². The zero-order chi connectivity index (χ0) is 17.7. The van der Waals surface area contributed by atoms with E-state index in [1.807, 2.05) is 42.5 Å². The molecule has 2 N–H and O–H groups in total. The molecule has 0 spiro atoms. The van der Waals surface area contributed by atoms with Crippen molar-refractivity contribution in [3.8, 4) is 0 Å². The molecule has 24 heavy (non-hydrogen) atoms. The van der Waals surface area contributed by atoms with Crippen molar-refractivity contribution in [3.05, 3.63) is 48.0 Å². The van der Waals surface area contributed by atoms with Crippen LogP contribution in [-0.2, 0) is 9.53 Å². The van der Waals surface area contributed by atoms with Crippen LogP contribution in [0.15, 0.2) is 42.5 Å². The van der Waals surface area contributed by atoms with Gasteiger partial charge in [0.1, 0.15) is 5.60 Å². The quantitative estimate of drug-likeness (QED) is 0.859. The van der Waals surface area contributed by atoms with E-state index >= 15 is 0 Å². The highest BCUT2D eigenvalue weighted by Crippen LogP contribution is 2.24. The molecule has 2 rings (SSSR count). The van der Waals surface area contributed by atoms with Crippen molar-refractivity contribution in [1.29, 1.82) is 0 Å². The van der Waals surface area contributed by atoms with Gasteiger partial charge in [-0.1, -0.05) is 36.4 Å². The lowest BCUT2D eigenvalue weighted by Crippen LogP contribution is -2.35. The van der Waals surface area contributed by atoms with Crippen molar-refractivity contribution >= 4 is 22.8 Å². The van der Waals surface area contributed by atoms with Crippen molar-refractivity contribution in [2.45, 2.75) is 45.3 Å². The number of nitrogens with one attached hydrogen (secondary N) is 1. The number of benzene rings is 2. The predicted molar refractivity (Wildman–Crippen MR) is 92.9 cm³/mol. The smallest absolute Gasteiger partial charge is 0.408 e. The van der Waals surface area contributed by atoms with Gasteiger partial charge in [-0.2, -0.15) is 0 Å². The van der Waals surface area contributed by atoms with Gasteiger partial charge in [0.15, 0.2) is 0 Å². The topological polar surface area (TPSA) is 75.6 Å². The fourth-order valence-corrected chi connectivity index (χ4v) is 2.46. The molecule has 1 atom stereocenters. The first kappa shape index (κ1) is 17.8. The summed E-state index contributed by atoms with van der Waals surface area (Å²) in [5, 5.41) is 13.9. The van der Waals surface area contributed by atoms with Crippen LogP contribution in [0.25, 0.3) is 10.8 Å². The van der Waals surface area contributed by atoms with Gasteiger partial charge in [-0.15, -0.1) is 0 Å². The van der Waals surface area contributed by atoms with Crippen LogP contribution in [-0.4, -0.2) is 22.8 Å². The summed E-state index contributed by atoms with van der Waals surface area (Å²) >= 11 is 0. The van der Waals surface area contributed by atoms with E-state index in [-0.39, 0.29) is 6.42 Å². The maximum absolute atomic E-state index is 12.1. The highest BCUT2D eigenvalue weighted by Gasteiger charge is 2.21. The number of fused-ring (bicyclic) bond motifs is 1. The van der Waals surface area contributed by atoms with Gasteiger partial charge >= 0.3 is 12.1 Å². The summed E-state index contributed by atoms with van der Waals surface area (Å²) in [5.41, 5.74) is 0.256. The van der Waals surface area contributed by atoms with Crippen LogP contribution in [0.3, 0.4) is 0 Å². The zero-order valence-corrected chi connectivity index (χ0v) is 14.2. The Hall–Kier alpha value is -2.56. The molecule has 128 valence electrons. The maximum atomic E-state index is 12.1. The van der Waals surface area contributed by atoms with E-state index < -0.39 is 23.7 Å². The van der Waals surface area contributed by atoms with E-state index in [0.29, 0.717) is 6.42 Å². The van der Waals surface area contributed by atoms with E-state index in [0.717, 1.165) is 16.3 Å². The Morgan fingerprint density at radius 3 is 2.42 bits per heavy atom. The Labute approximate surface area is 141 Å². The summed E-state index contributed by atoms with van der Waals surface area (Å²) in [6.07, 6.45) is -0.286. The number of carboxylic acid groups (broad SMARTS) is 1. The maximum Gasteiger partial charge on any atom is 0.408 e. The number of carboxylic acids is 1. The normalized spacial score (nSPS) is 12.6. The SMILES string of the molecule is CC(C)(C)OC(=O)NC(CCC(=O)O)c1ccc2ccccc2c1. The first-order chi connectivity index (χ1) is 11.2. The fourth-order valence-electron chi connectivity index (χ4n) is 2.46. The number of ether oxygens (including phenoxy) is 1. The summed E-state index contributed by atoms with van der Waals surface area (Å²) < 4.78 is 5.29. The van der Waals surface area contributed by atoms with Crippen LogP contribution in [0.5, 0.6) is 0 Å². The van der Waals surface area contributed by atoms with Gasteiger partial charge in [0.05, 0.1) is 6.04 Å². The first-order valence-corrected chi connectivity index (χ1v) is 7.94. The second-order valence-electron chi connectivity index (χ2n) is 6.74. The van der Waals surface area contributed by atoms with E-state index in [1.165, 1.54) is 0 Å². The highest BCUT2D eigenvalue weighted by atomic mass is 16.6. The van der Waals surface area contributed by atoms with Crippen LogP contribution < -0.4 is 5.32 Å². The minimum atomic E-state index is -0.897. The van der Waals surface area contributed by atoms with E-state index in [2.05, 4.69) is 5.32 Å². The first-order valence-electron chi connectivity index (χ1n) is 7.94. The molecule has 0 radical (unpaired) electrons. The van der Waals surface area contributed by atoms with Crippen LogP contribution in [0.1, 0.15) is 45.2 Å². The summed E-state index contributed by atoms with van der Waals surface area (Å²) in [4.78, 5) is 23.0. The molecule has 0 aliphatic heterocycles. The molecule has 0 aromatic heterocycles. The fraction of sp³-hybridized carbons (Fsp3) is 0.368. The lowest BCUT2D eigenvalue weighted by molar-refractivity contribution is -0.137. The average molecular weight is 329 g/mol. The number of amides is 1. The summed E-state index contributed by atoms with van der Waals surface area (Å²) in [6, 6.07) is 13.3. The molecule has 0 saturated heterocycles.